The van der Waals surface area contributed by atoms with Crippen molar-refractivity contribution < 1.29 is 9.47 Å². The van der Waals surface area contributed by atoms with Crippen LogP contribution in [0.3, 0.4) is 0 Å². The second kappa shape index (κ2) is 5.97. The van der Waals surface area contributed by atoms with Crippen LogP contribution in [0.25, 0.3) is 0 Å². The minimum absolute atomic E-state index is 0.0847. The number of benzene rings is 1. The number of fused-ring (bicyclic) bond motifs is 1. The zero-order valence-electron chi connectivity index (χ0n) is 12.7. The van der Waals surface area contributed by atoms with Crippen LogP contribution < -0.4 is 15.2 Å². The van der Waals surface area contributed by atoms with Crippen molar-refractivity contribution in [2.24, 2.45) is 5.73 Å². The Kier molecular flexibility index (Phi) is 4.01. The van der Waals surface area contributed by atoms with E-state index >= 15 is 0 Å². The molecule has 0 radical (unpaired) electrons. The second-order valence-electron chi connectivity index (χ2n) is 5.12. The fourth-order valence-electron chi connectivity index (χ4n) is 2.70. The van der Waals surface area contributed by atoms with Gasteiger partial charge in [-0.25, -0.2) is 0 Å². The average Bonchev–Trinajstić information content (AvgIpc) is 2.89. The fraction of sp³-hybridized carbons (Fsp3) is 0.250. The predicted molar refractivity (Wildman–Crippen MR) is 87.9 cm³/mol. The maximum absolute atomic E-state index is 9.52. The van der Waals surface area contributed by atoms with Crippen molar-refractivity contribution in [2.45, 2.75) is 19.8 Å². The molecule has 0 aliphatic carbocycles. The molecule has 1 aliphatic heterocycles. The quantitative estimate of drug-likeness (QED) is 0.859. The first-order valence-corrected chi connectivity index (χ1v) is 7.90. The fourth-order valence-corrected chi connectivity index (χ4v) is 3.21. The van der Waals surface area contributed by atoms with Gasteiger partial charge < -0.3 is 15.2 Å². The lowest BCUT2D eigenvalue weighted by atomic mass is 9.84. The second-order valence-corrected chi connectivity index (χ2v) is 5.97. The normalized spacial score (nSPS) is 16.5. The number of ether oxygens (including phenoxy) is 2. The van der Waals surface area contributed by atoms with E-state index in [1.54, 1.807) is 0 Å². The van der Waals surface area contributed by atoms with Gasteiger partial charge in [-0.2, -0.15) is 5.26 Å². The first kappa shape index (κ1) is 15.4. The Balaban J connectivity index is 2.15. The summed E-state index contributed by atoms with van der Waals surface area (Å²) in [5, 5.41) is 16.5. The molecule has 2 heterocycles. The number of allylic oxidation sites excluding steroid dienone is 1. The van der Waals surface area contributed by atoms with Gasteiger partial charge in [-0.1, -0.05) is 6.07 Å². The first-order chi connectivity index (χ1) is 11.1. The molecule has 3 N–H and O–H groups in total. The van der Waals surface area contributed by atoms with Gasteiger partial charge in [0.1, 0.15) is 17.4 Å². The lowest BCUT2D eigenvalue weighted by molar-refractivity contribution is 0.338. The van der Waals surface area contributed by atoms with Gasteiger partial charge in [0.15, 0.2) is 0 Å². The van der Waals surface area contributed by atoms with Crippen LogP contribution >= 0.6 is 15.9 Å². The largest absolute Gasteiger partial charge is 0.493 e. The highest BCUT2D eigenvalue weighted by atomic mass is 79.9. The number of nitrogens with one attached hydrogen (secondary N) is 1. The van der Waals surface area contributed by atoms with Gasteiger partial charge in [0.05, 0.1) is 17.0 Å². The molecule has 1 aromatic heterocycles. The van der Waals surface area contributed by atoms with Crippen LogP contribution in [-0.2, 0) is 0 Å². The third-order valence-electron chi connectivity index (χ3n) is 3.72. The molecule has 1 aromatic carbocycles. The lowest BCUT2D eigenvalue weighted by Crippen LogP contribution is -2.21. The number of nitriles is 1. The van der Waals surface area contributed by atoms with Gasteiger partial charge in [0.25, 0.3) is 0 Å². The molecule has 3 rings (SSSR count). The summed E-state index contributed by atoms with van der Waals surface area (Å²) in [6.45, 7) is 4.40. The van der Waals surface area contributed by atoms with E-state index in [1.165, 1.54) is 0 Å². The lowest BCUT2D eigenvalue weighted by Gasteiger charge is -2.24. The third-order valence-corrected chi connectivity index (χ3v) is 4.34. The third kappa shape index (κ3) is 2.55. The van der Waals surface area contributed by atoms with E-state index in [-0.39, 0.29) is 11.8 Å². The number of rotatable bonds is 3. The van der Waals surface area contributed by atoms with Crippen molar-refractivity contribution in [2.75, 3.05) is 6.61 Å². The highest BCUT2D eigenvalue weighted by Gasteiger charge is 2.34. The van der Waals surface area contributed by atoms with Gasteiger partial charge in [0, 0.05) is 11.3 Å². The van der Waals surface area contributed by atoms with Gasteiger partial charge in [-0.05, 0) is 47.5 Å². The molecule has 1 unspecified atom stereocenters. The van der Waals surface area contributed by atoms with Gasteiger partial charge in [-0.15, -0.1) is 5.10 Å². The molecule has 6 nitrogen and oxygen atoms in total. The van der Waals surface area contributed by atoms with Crippen molar-refractivity contribution in [1.82, 2.24) is 10.2 Å². The molecule has 0 fully saturated rings. The van der Waals surface area contributed by atoms with Crippen molar-refractivity contribution in [1.29, 1.82) is 5.26 Å². The minimum atomic E-state index is -0.325. The number of aryl methyl sites for hydroxylation is 1. The number of halogens is 1. The molecule has 7 heteroatoms. The summed E-state index contributed by atoms with van der Waals surface area (Å²) in [6, 6.07) is 7.89. The Labute approximate surface area is 142 Å². The molecule has 0 spiro atoms. The number of nitrogens with two attached hydrogens (primary N) is 1. The molecule has 118 valence electrons. The van der Waals surface area contributed by atoms with Crippen molar-refractivity contribution >= 4 is 15.9 Å². The summed E-state index contributed by atoms with van der Waals surface area (Å²) < 4.78 is 11.8. The zero-order valence-corrected chi connectivity index (χ0v) is 14.3. The standard InChI is InChI=1S/C16H15BrN4O2/c1-3-22-12-5-4-9(6-11(12)17)14-10(7-18)15(19)23-16-13(14)8(2)20-21-16/h4-6,14H,3,19H2,1-2H3,(H,20,21). The average molecular weight is 375 g/mol. The summed E-state index contributed by atoms with van der Waals surface area (Å²) >= 11 is 3.51. The van der Waals surface area contributed by atoms with Crippen LogP contribution in [0.1, 0.15) is 29.7 Å². The highest BCUT2D eigenvalue weighted by molar-refractivity contribution is 9.10. The number of aromatic amines is 1. The number of nitrogens with zero attached hydrogens (tertiary/aromatic N) is 2. The first-order valence-electron chi connectivity index (χ1n) is 7.11. The predicted octanol–water partition coefficient (Wildman–Crippen LogP) is 3.10. The van der Waals surface area contributed by atoms with E-state index in [0.717, 1.165) is 27.0 Å². The maximum Gasteiger partial charge on any atom is 0.244 e. The summed E-state index contributed by atoms with van der Waals surface area (Å²) in [5.41, 5.74) is 8.85. The van der Waals surface area contributed by atoms with Crippen LogP contribution in [0.4, 0.5) is 0 Å². The van der Waals surface area contributed by atoms with Gasteiger partial charge >= 0.3 is 0 Å². The van der Waals surface area contributed by atoms with Crippen LogP contribution in [0, 0.1) is 18.3 Å². The molecule has 0 bridgehead atoms. The van der Waals surface area contributed by atoms with Crippen LogP contribution in [0.2, 0.25) is 0 Å². The molecule has 0 saturated carbocycles. The number of aromatic nitrogens is 2. The SMILES string of the molecule is CCOc1ccc(C2C(C#N)=C(N)Oc3n[nH]c(C)c32)cc1Br. The van der Waals surface area contributed by atoms with E-state index in [0.29, 0.717) is 18.1 Å². The molecule has 23 heavy (non-hydrogen) atoms. The number of hydrogen-bond donors (Lipinski definition) is 2. The van der Waals surface area contributed by atoms with E-state index < -0.39 is 0 Å². The Morgan fingerprint density at radius 3 is 2.96 bits per heavy atom. The van der Waals surface area contributed by atoms with Gasteiger partial charge in [0.2, 0.25) is 11.8 Å². The number of hydrogen-bond acceptors (Lipinski definition) is 5. The van der Waals surface area contributed by atoms with Crippen LogP contribution in [0.5, 0.6) is 11.6 Å². The summed E-state index contributed by atoms with van der Waals surface area (Å²) in [6.07, 6.45) is 0. The van der Waals surface area contributed by atoms with Crippen molar-refractivity contribution in [3.05, 3.63) is 50.9 Å². The smallest absolute Gasteiger partial charge is 0.244 e. The molecule has 1 aliphatic rings. The monoisotopic (exact) mass is 374 g/mol. The van der Waals surface area contributed by atoms with E-state index in [1.807, 2.05) is 32.0 Å². The Hall–Kier alpha value is -2.46. The van der Waals surface area contributed by atoms with Crippen LogP contribution in [0.15, 0.2) is 34.1 Å². The van der Waals surface area contributed by atoms with E-state index in [9.17, 15) is 5.26 Å². The zero-order chi connectivity index (χ0) is 16.6. The Morgan fingerprint density at radius 2 is 2.30 bits per heavy atom. The van der Waals surface area contributed by atoms with E-state index in [4.69, 9.17) is 15.2 Å². The van der Waals surface area contributed by atoms with Gasteiger partial charge in [-0.3, -0.25) is 5.10 Å². The maximum atomic E-state index is 9.52. The summed E-state index contributed by atoms with van der Waals surface area (Å²) in [7, 11) is 0. The summed E-state index contributed by atoms with van der Waals surface area (Å²) in [5.74, 6) is 0.924. The molecular weight excluding hydrogens is 360 g/mol. The molecule has 1 atom stereocenters. The highest BCUT2D eigenvalue weighted by Crippen LogP contribution is 2.43. The summed E-state index contributed by atoms with van der Waals surface area (Å²) in [4.78, 5) is 0. The minimum Gasteiger partial charge on any atom is -0.493 e. The molecular formula is C16H15BrN4O2. The number of H-pyrrole nitrogens is 1. The van der Waals surface area contributed by atoms with E-state index in [2.05, 4.69) is 32.2 Å². The molecule has 2 aromatic rings. The Morgan fingerprint density at radius 1 is 1.52 bits per heavy atom. The van der Waals surface area contributed by atoms with Crippen molar-refractivity contribution in [3.8, 4) is 17.7 Å². The van der Waals surface area contributed by atoms with Crippen LogP contribution in [-0.4, -0.2) is 16.8 Å². The molecule has 0 saturated heterocycles. The van der Waals surface area contributed by atoms with Crippen molar-refractivity contribution in [3.63, 3.8) is 0 Å². The Bertz CT molecular complexity index is 835. The topological polar surface area (TPSA) is 96.9 Å². The molecule has 0 amide bonds.